The number of likely N-dealkylation sites (N-methyl/N-ethyl adjacent to an activating group) is 1. The molecule has 1 fully saturated rings. The number of nitrogen functional groups attached to an aromatic ring is 1. The number of rotatable bonds is 2. The summed E-state index contributed by atoms with van der Waals surface area (Å²) < 4.78 is 26.4. The van der Waals surface area contributed by atoms with Gasteiger partial charge < -0.3 is 5.73 Å². The van der Waals surface area contributed by atoms with Gasteiger partial charge in [0, 0.05) is 32.4 Å². The van der Waals surface area contributed by atoms with E-state index in [0.717, 1.165) is 5.56 Å². The molecule has 0 radical (unpaired) electrons. The van der Waals surface area contributed by atoms with E-state index in [1.807, 2.05) is 12.1 Å². The van der Waals surface area contributed by atoms with Crippen molar-refractivity contribution in [3.8, 4) is 0 Å². The summed E-state index contributed by atoms with van der Waals surface area (Å²) in [7, 11) is -1.64. The highest BCUT2D eigenvalue weighted by molar-refractivity contribution is 7.86. The molecule has 0 unspecified atom stereocenters. The third kappa shape index (κ3) is 2.04. The summed E-state index contributed by atoms with van der Waals surface area (Å²) in [6, 6.07) is 7.26. The molecule has 1 aliphatic rings. The van der Waals surface area contributed by atoms with Gasteiger partial charge in [-0.2, -0.15) is 17.0 Å². The van der Waals surface area contributed by atoms with Crippen LogP contribution in [0.15, 0.2) is 24.3 Å². The van der Waals surface area contributed by atoms with Crippen LogP contribution in [0.25, 0.3) is 0 Å². The van der Waals surface area contributed by atoms with Gasteiger partial charge in [-0.15, -0.1) is 0 Å². The first-order valence-electron chi connectivity index (χ1n) is 5.06. The molecule has 1 aromatic carbocycles. The fraction of sp³-hybridized carbons (Fsp3) is 0.400. The van der Waals surface area contributed by atoms with Gasteiger partial charge in [-0.3, -0.25) is 0 Å². The van der Waals surface area contributed by atoms with E-state index in [4.69, 9.17) is 5.73 Å². The molecule has 2 rings (SSSR count). The molecule has 0 aliphatic carbocycles. The van der Waals surface area contributed by atoms with Crippen LogP contribution in [0.1, 0.15) is 5.56 Å². The molecule has 0 bridgehead atoms. The lowest BCUT2D eigenvalue weighted by atomic mass is 10.2. The van der Waals surface area contributed by atoms with Gasteiger partial charge in [-0.25, -0.2) is 0 Å². The second-order valence-corrected chi connectivity index (χ2v) is 5.94. The zero-order chi connectivity index (χ0) is 11.8. The topological polar surface area (TPSA) is 66.6 Å². The van der Waals surface area contributed by atoms with Gasteiger partial charge >= 0.3 is 0 Å². The van der Waals surface area contributed by atoms with Crippen LogP contribution in [0.5, 0.6) is 0 Å². The molecule has 5 nitrogen and oxygen atoms in total. The molecular weight excluding hydrogens is 226 g/mol. The largest absolute Gasteiger partial charge is 0.399 e. The summed E-state index contributed by atoms with van der Waals surface area (Å²) >= 11 is 0. The standard InChI is InChI=1S/C10H15N3O2S/c1-12-6-7-13(16(12,14)15)8-9-2-4-10(11)5-3-9/h2-5H,6-8,11H2,1H3. The van der Waals surface area contributed by atoms with Crippen molar-refractivity contribution in [3.05, 3.63) is 29.8 Å². The zero-order valence-electron chi connectivity index (χ0n) is 9.13. The molecule has 0 amide bonds. The van der Waals surface area contributed by atoms with Crippen LogP contribution in [0.2, 0.25) is 0 Å². The summed E-state index contributed by atoms with van der Waals surface area (Å²) in [5, 5.41) is 0. The zero-order valence-corrected chi connectivity index (χ0v) is 9.94. The Labute approximate surface area is 95.6 Å². The molecule has 1 saturated heterocycles. The predicted molar refractivity (Wildman–Crippen MR) is 62.8 cm³/mol. The minimum absolute atomic E-state index is 0.410. The number of benzene rings is 1. The minimum Gasteiger partial charge on any atom is -0.399 e. The Bertz CT molecular complexity index is 469. The van der Waals surface area contributed by atoms with Crippen molar-refractivity contribution in [1.29, 1.82) is 0 Å². The van der Waals surface area contributed by atoms with Crippen LogP contribution in [-0.4, -0.2) is 37.2 Å². The van der Waals surface area contributed by atoms with Crippen molar-refractivity contribution in [2.75, 3.05) is 25.9 Å². The number of hydrogen-bond donors (Lipinski definition) is 1. The van der Waals surface area contributed by atoms with Crippen LogP contribution in [0.4, 0.5) is 5.69 Å². The maximum atomic E-state index is 11.8. The van der Waals surface area contributed by atoms with E-state index in [2.05, 4.69) is 0 Å². The maximum Gasteiger partial charge on any atom is 0.282 e. The highest BCUT2D eigenvalue weighted by Gasteiger charge is 2.33. The molecule has 16 heavy (non-hydrogen) atoms. The Morgan fingerprint density at radius 2 is 1.88 bits per heavy atom. The Kier molecular flexibility index (Phi) is 2.88. The van der Waals surface area contributed by atoms with Gasteiger partial charge in [0.1, 0.15) is 0 Å². The first-order valence-corrected chi connectivity index (χ1v) is 6.45. The molecule has 88 valence electrons. The second kappa shape index (κ2) is 4.04. The fourth-order valence-corrected chi connectivity index (χ4v) is 3.00. The SMILES string of the molecule is CN1CCN(Cc2ccc(N)cc2)S1(=O)=O. The predicted octanol–water partition coefficient (Wildman–Crippen LogP) is 0.261. The van der Waals surface area contributed by atoms with Crippen molar-refractivity contribution in [2.45, 2.75) is 6.54 Å². The Hall–Kier alpha value is -1.11. The van der Waals surface area contributed by atoms with Crippen LogP contribution >= 0.6 is 0 Å². The molecule has 1 aliphatic heterocycles. The van der Waals surface area contributed by atoms with Gasteiger partial charge in [0.05, 0.1) is 0 Å². The van der Waals surface area contributed by atoms with Crippen molar-refractivity contribution in [3.63, 3.8) is 0 Å². The minimum atomic E-state index is -3.24. The van der Waals surface area contributed by atoms with Gasteiger partial charge in [0.2, 0.25) is 0 Å². The van der Waals surface area contributed by atoms with Crippen molar-refractivity contribution >= 4 is 15.9 Å². The van der Waals surface area contributed by atoms with E-state index in [1.165, 1.54) is 8.61 Å². The average molecular weight is 241 g/mol. The van der Waals surface area contributed by atoms with E-state index in [0.29, 0.717) is 25.3 Å². The Morgan fingerprint density at radius 3 is 2.38 bits per heavy atom. The van der Waals surface area contributed by atoms with Gasteiger partial charge in [-0.1, -0.05) is 12.1 Å². The monoisotopic (exact) mass is 241 g/mol. The number of nitrogens with zero attached hydrogens (tertiary/aromatic N) is 2. The average Bonchev–Trinajstić information content (AvgIpc) is 2.48. The molecule has 6 heteroatoms. The van der Waals surface area contributed by atoms with Crippen LogP contribution in [0.3, 0.4) is 0 Å². The quantitative estimate of drug-likeness (QED) is 0.755. The highest BCUT2D eigenvalue weighted by Crippen LogP contribution is 2.18. The molecule has 2 N–H and O–H groups in total. The number of hydrogen-bond acceptors (Lipinski definition) is 3. The first kappa shape index (κ1) is 11.4. The van der Waals surface area contributed by atoms with E-state index in [9.17, 15) is 8.42 Å². The normalized spacial score (nSPS) is 21.3. The van der Waals surface area contributed by atoms with Gasteiger partial charge in [0.15, 0.2) is 0 Å². The molecule has 0 saturated carbocycles. The van der Waals surface area contributed by atoms with E-state index in [1.54, 1.807) is 19.2 Å². The van der Waals surface area contributed by atoms with Crippen LogP contribution in [0, 0.1) is 0 Å². The second-order valence-electron chi connectivity index (χ2n) is 3.90. The van der Waals surface area contributed by atoms with E-state index >= 15 is 0 Å². The fourth-order valence-electron chi connectivity index (χ4n) is 1.67. The van der Waals surface area contributed by atoms with E-state index in [-0.39, 0.29) is 0 Å². The van der Waals surface area contributed by atoms with Crippen molar-refractivity contribution < 1.29 is 8.42 Å². The van der Waals surface area contributed by atoms with E-state index < -0.39 is 10.2 Å². The van der Waals surface area contributed by atoms with Gasteiger partial charge in [0.25, 0.3) is 10.2 Å². The smallest absolute Gasteiger partial charge is 0.282 e. The molecule has 0 spiro atoms. The third-order valence-corrected chi connectivity index (χ3v) is 4.66. The lowest BCUT2D eigenvalue weighted by molar-refractivity contribution is 0.445. The Morgan fingerprint density at radius 1 is 1.25 bits per heavy atom. The summed E-state index contributed by atoms with van der Waals surface area (Å²) in [6.45, 7) is 1.51. The molecule has 1 aromatic rings. The van der Waals surface area contributed by atoms with Gasteiger partial charge in [-0.05, 0) is 17.7 Å². The molecule has 1 heterocycles. The van der Waals surface area contributed by atoms with Crippen LogP contribution in [-0.2, 0) is 16.8 Å². The molecule has 0 atom stereocenters. The lowest BCUT2D eigenvalue weighted by Gasteiger charge is -2.15. The highest BCUT2D eigenvalue weighted by atomic mass is 32.2. The first-order chi connectivity index (χ1) is 7.50. The Balaban J connectivity index is 2.14. The third-order valence-electron chi connectivity index (χ3n) is 2.72. The molecular formula is C10H15N3O2S. The lowest BCUT2D eigenvalue weighted by Crippen LogP contribution is -2.30. The number of nitrogens with two attached hydrogens (primary N) is 1. The summed E-state index contributed by atoms with van der Waals surface area (Å²) in [5.41, 5.74) is 7.21. The maximum absolute atomic E-state index is 11.8. The van der Waals surface area contributed by atoms with Crippen molar-refractivity contribution in [1.82, 2.24) is 8.61 Å². The van der Waals surface area contributed by atoms with Crippen LogP contribution < -0.4 is 5.73 Å². The summed E-state index contributed by atoms with van der Waals surface area (Å²) in [5.74, 6) is 0. The summed E-state index contributed by atoms with van der Waals surface area (Å²) in [4.78, 5) is 0. The number of anilines is 1. The van der Waals surface area contributed by atoms with Crippen molar-refractivity contribution in [2.24, 2.45) is 0 Å². The summed E-state index contributed by atoms with van der Waals surface area (Å²) in [6.07, 6.45) is 0. The molecule has 0 aromatic heterocycles.